The smallest absolute Gasteiger partial charge is 0.262 e. The Morgan fingerprint density at radius 3 is 3.10 bits per heavy atom. The van der Waals surface area contributed by atoms with Crippen molar-refractivity contribution in [2.75, 3.05) is 23.0 Å². The fraction of sp³-hybridized carbons (Fsp3) is 0.143. The van der Waals surface area contributed by atoms with Crippen molar-refractivity contribution in [3.05, 3.63) is 34.5 Å². The van der Waals surface area contributed by atoms with Gasteiger partial charge in [-0.05, 0) is 17.5 Å². The van der Waals surface area contributed by atoms with Crippen LogP contribution in [0.4, 0.5) is 17.1 Å². The number of amides is 2. The third-order valence-electron chi connectivity index (χ3n) is 2.97. The molecule has 1 aromatic heterocycles. The molecule has 2 amide bonds. The van der Waals surface area contributed by atoms with Crippen LogP contribution in [0.5, 0.6) is 5.75 Å². The molecule has 0 fully saturated rings. The zero-order chi connectivity index (χ0) is 14.8. The first-order chi connectivity index (χ1) is 10.1. The number of nitrogens with one attached hydrogen (secondary N) is 2. The quantitative estimate of drug-likeness (QED) is 0.754. The maximum atomic E-state index is 12.0. The van der Waals surface area contributed by atoms with Crippen molar-refractivity contribution in [1.82, 2.24) is 0 Å². The van der Waals surface area contributed by atoms with Crippen molar-refractivity contribution >= 4 is 40.2 Å². The van der Waals surface area contributed by atoms with E-state index in [2.05, 4.69) is 10.6 Å². The molecular weight excluding hydrogens is 290 g/mol. The number of ether oxygens (including phenoxy) is 1. The van der Waals surface area contributed by atoms with Gasteiger partial charge in [-0.1, -0.05) is 6.07 Å². The number of fused-ring (bicyclic) bond motifs is 1. The number of carbonyl (C=O) groups is 2. The summed E-state index contributed by atoms with van der Waals surface area (Å²) >= 11 is 1.52. The highest BCUT2D eigenvalue weighted by Crippen LogP contribution is 2.35. The topological polar surface area (TPSA) is 93.5 Å². The van der Waals surface area contributed by atoms with Crippen LogP contribution in [0, 0.1) is 0 Å². The Morgan fingerprint density at radius 1 is 1.48 bits per heavy atom. The second-order valence-corrected chi connectivity index (χ2v) is 5.61. The van der Waals surface area contributed by atoms with E-state index in [1.165, 1.54) is 11.3 Å². The Balaban J connectivity index is 1.77. The molecule has 0 spiro atoms. The minimum Gasteiger partial charge on any atom is -0.482 e. The van der Waals surface area contributed by atoms with Crippen LogP contribution in [0.25, 0.3) is 0 Å². The van der Waals surface area contributed by atoms with Crippen molar-refractivity contribution in [2.24, 2.45) is 0 Å². The molecule has 2 heterocycles. The zero-order valence-electron chi connectivity index (χ0n) is 11.0. The van der Waals surface area contributed by atoms with E-state index < -0.39 is 0 Å². The molecule has 0 saturated heterocycles. The zero-order valence-corrected chi connectivity index (χ0v) is 11.8. The molecule has 0 saturated carbocycles. The average molecular weight is 303 g/mol. The van der Waals surface area contributed by atoms with E-state index >= 15 is 0 Å². The average Bonchev–Trinajstić information content (AvgIpc) is 2.93. The molecule has 2 aromatic rings. The lowest BCUT2D eigenvalue weighted by atomic mass is 10.2. The van der Waals surface area contributed by atoms with Gasteiger partial charge in [0.2, 0.25) is 5.91 Å². The summed E-state index contributed by atoms with van der Waals surface area (Å²) in [5, 5.41) is 7.35. The molecule has 0 radical (unpaired) electrons. The SMILES string of the molecule is Nc1cc2c(cc1NC(=O)Cc1cccs1)NC(=O)CO2. The van der Waals surface area contributed by atoms with Gasteiger partial charge in [-0.15, -0.1) is 11.3 Å². The lowest BCUT2D eigenvalue weighted by Crippen LogP contribution is -2.25. The van der Waals surface area contributed by atoms with E-state index in [1.54, 1.807) is 12.1 Å². The van der Waals surface area contributed by atoms with Crippen molar-refractivity contribution in [3.8, 4) is 5.75 Å². The van der Waals surface area contributed by atoms with Crippen molar-refractivity contribution < 1.29 is 14.3 Å². The summed E-state index contributed by atoms with van der Waals surface area (Å²) in [5.41, 5.74) is 7.25. The van der Waals surface area contributed by atoms with Gasteiger partial charge in [0, 0.05) is 10.9 Å². The van der Waals surface area contributed by atoms with E-state index in [-0.39, 0.29) is 24.8 Å². The number of nitrogens with two attached hydrogens (primary N) is 1. The Labute approximate surface area is 124 Å². The van der Waals surface area contributed by atoms with E-state index in [4.69, 9.17) is 10.5 Å². The Bertz CT molecular complexity index is 698. The van der Waals surface area contributed by atoms with Gasteiger partial charge in [-0.2, -0.15) is 0 Å². The van der Waals surface area contributed by atoms with Gasteiger partial charge >= 0.3 is 0 Å². The monoisotopic (exact) mass is 303 g/mol. The largest absolute Gasteiger partial charge is 0.482 e. The highest BCUT2D eigenvalue weighted by Gasteiger charge is 2.18. The molecule has 4 N–H and O–H groups in total. The van der Waals surface area contributed by atoms with Gasteiger partial charge in [0.15, 0.2) is 6.61 Å². The van der Waals surface area contributed by atoms with Crippen molar-refractivity contribution in [3.63, 3.8) is 0 Å². The molecule has 7 heteroatoms. The maximum absolute atomic E-state index is 12.0. The van der Waals surface area contributed by atoms with E-state index in [0.717, 1.165) is 4.88 Å². The highest BCUT2D eigenvalue weighted by molar-refractivity contribution is 7.10. The number of anilines is 3. The fourth-order valence-electron chi connectivity index (χ4n) is 2.02. The van der Waals surface area contributed by atoms with Gasteiger partial charge in [-0.25, -0.2) is 0 Å². The first kappa shape index (κ1) is 13.4. The standard InChI is InChI=1S/C14H13N3O3S/c15-9-5-12-11(17-14(19)7-20-12)6-10(9)16-13(18)4-8-2-1-3-21-8/h1-3,5-6H,4,7,15H2,(H,16,18)(H,17,19). The van der Waals surface area contributed by atoms with E-state index in [1.807, 2.05) is 17.5 Å². The molecule has 21 heavy (non-hydrogen) atoms. The van der Waals surface area contributed by atoms with Crippen LogP contribution in [-0.4, -0.2) is 18.4 Å². The van der Waals surface area contributed by atoms with Crippen LogP contribution in [0.2, 0.25) is 0 Å². The second-order valence-electron chi connectivity index (χ2n) is 4.58. The lowest BCUT2D eigenvalue weighted by Gasteiger charge is -2.20. The minimum atomic E-state index is -0.233. The molecule has 0 unspecified atom stereocenters. The predicted octanol–water partition coefficient (Wildman–Crippen LogP) is 1.84. The summed E-state index contributed by atoms with van der Waals surface area (Å²) in [6.45, 7) is -0.0312. The molecule has 0 atom stereocenters. The molecule has 1 aliphatic rings. The van der Waals surface area contributed by atoms with Crippen LogP contribution in [0.1, 0.15) is 4.88 Å². The summed E-state index contributed by atoms with van der Waals surface area (Å²) < 4.78 is 5.26. The molecule has 108 valence electrons. The summed E-state index contributed by atoms with van der Waals surface area (Å²) in [7, 11) is 0. The van der Waals surface area contributed by atoms with Crippen molar-refractivity contribution in [2.45, 2.75) is 6.42 Å². The molecule has 6 nitrogen and oxygen atoms in total. The fourth-order valence-corrected chi connectivity index (χ4v) is 2.72. The number of thiophene rings is 1. The maximum Gasteiger partial charge on any atom is 0.262 e. The number of benzene rings is 1. The molecule has 1 aliphatic heterocycles. The second kappa shape index (κ2) is 5.45. The number of rotatable bonds is 3. The normalized spacial score (nSPS) is 13.0. The molecule has 3 rings (SSSR count). The molecular formula is C14H13N3O3S. The molecule has 0 aliphatic carbocycles. The minimum absolute atomic E-state index is 0.0312. The van der Waals surface area contributed by atoms with Crippen LogP contribution < -0.4 is 21.1 Å². The Morgan fingerprint density at radius 2 is 2.33 bits per heavy atom. The first-order valence-corrected chi connectivity index (χ1v) is 7.18. The Hall–Kier alpha value is -2.54. The van der Waals surface area contributed by atoms with Crippen molar-refractivity contribution in [1.29, 1.82) is 0 Å². The van der Waals surface area contributed by atoms with Gasteiger partial charge < -0.3 is 21.1 Å². The number of carbonyl (C=O) groups excluding carboxylic acids is 2. The number of nitrogen functional groups attached to an aromatic ring is 1. The number of hydrogen-bond acceptors (Lipinski definition) is 5. The van der Waals surface area contributed by atoms with Crippen LogP contribution in [0.3, 0.4) is 0 Å². The van der Waals surface area contributed by atoms with E-state index in [0.29, 0.717) is 22.8 Å². The lowest BCUT2D eigenvalue weighted by molar-refractivity contribution is -0.118. The highest BCUT2D eigenvalue weighted by atomic mass is 32.1. The molecule has 0 bridgehead atoms. The summed E-state index contributed by atoms with van der Waals surface area (Å²) in [4.78, 5) is 24.3. The predicted molar refractivity (Wildman–Crippen MR) is 81.6 cm³/mol. The summed E-state index contributed by atoms with van der Waals surface area (Å²) in [5.74, 6) is 0.110. The first-order valence-electron chi connectivity index (χ1n) is 6.30. The van der Waals surface area contributed by atoms with Crippen LogP contribution in [-0.2, 0) is 16.0 Å². The van der Waals surface area contributed by atoms with E-state index in [9.17, 15) is 9.59 Å². The summed E-state index contributed by atoms with van der Waals surface area (Å²) in [6, 6.07) is 6.99. The molecule has 1 aromatic carbocycles. The van der Waals surface area contributed by atoms with Crippen LogP contribution in [0.15, 0.2) is 29.6 Å². The van der Waals surface area contributed by atoms with Gasteiger partial charge in [-0.3, -0.25) is 9.59 Å². The van der Waals surface area contributed by atoms with Gasteiger partial charge in [0.1, 0.15) is 5.75 Å². The third kappa shape index (κ3) is 2.97. The number of hydrogen-bond donors (Lipinski definition) is 3. The third-order valence-corrected chi connectivity index (χ3v) is 3.85. The van der Waals surface area contributed by atoms with Crippen LogP contribution >= 0.6 is 11.3 Å². The Kier molecular flexibility index (Phi) is 3.49. The summed E-state index contributed by atoms with van der Waals surface area (Å²) in [6.07, 6.45) is 0.289. The van der Waals surface area contributed by atoms with Gasteiger partial charge in [0.25, 0.3) is 5.91 Å². The van der Waals surface area contributed by atoms with Gasteiger partial charge in [0.05, 0.1) is 23.5 Å².